The molecular weight excluding hydrogens is 357 g/mol. The van der Waals surface area contributed by atoms with Crippen molar-refractivity contribution in [1.29, 1.82) is 0 Å². The molecule has 3 N–H and O–H groups in total. The third kappa shape index (κ3) is 3.51. The lowest BCUT2D eigenvalue weighted by Crippen LogP contribution is -2.07. The molecule has 0 unspecified atom stereocenters. The Bertz CT molecular complexity index is 559. The minimum absolute atomic E-state index is 0.280. The maximum absolute atomic E-state index is 6.02. The molecule has 0 saturated heterocycles. The van der Waals surface area contributed by atoms with Gasteiger partial charge in [-0.3, -0.25) is 0 Å². The quantitative estimate of drug-likeness (QED) is 0.840. The van der Waals surface area contributed by atoms with Crippen LogP contribution in [0.5, 0.6) is 0 Å². The first-order valence-electron chi connectivity index (χ1n) is 5.16. The summed E-state index contributed by atoms with van der Waals surface area (Å²) in [5.41, 5.74) is 5.63. The molecule has 0 aliphatic rings. The summed E-state index contributed by atoms with van der Waals surface area (Å²) in [7, 11) is 0. The van der Waals surface area contributed by atoms with E-state index in [1.807, 2.05) is 6.07 Å². The molecule has 0 spiro atoms. The molecule has 0 amide bonds. The number of aromatic nitrogens is 1. The predicted octanol–water partition coefficient (Wildman–Crippen LogP) is 4.45. The monoisotopic (exact) mass is 365 g/mol. The summed E-state index contributed by atoms with van der Waals surface area (Å²) in [6.07, 6.45) is 0.900. The van der Waals surface area contributed by atoms with Crippen LogP contribution in [0.15, 0.2) is 22.0 Å². The predicted molar refractivity (Wildman–Crippen MR) is 82.9 cm³/mol. The number of nitrogens with two attached hydrogens (primary N) is 1. The Morgan fingerprint density at radius 2 is 2.11 bits per heavy atom. The van der Waals surface area contributed by atoms with Gasteiger partial charge in [-0.2, -0.15) is 0 Å². The second-order valence-corrected chi connectivity index (χ2v) is 6.93. The highest BCUT2D eigenvalue weighted by Gasteiger charge is 2.06. The molecule has 0 aromatic carbocycles. The van der Waals surface area contributed by atoms with E-state index in [1.54, 1.807) is 17.4 Å². The molecule has 0 saturated carbocycles. The van der Waals surface area contributed by atoms with Crippen LogP contribution in [0.2, 0.25) is 10.0 Å². The van der Waals surface area contributed by atoms with E-state index >= 15 is 0 Å². The number of pyridine rings is 1. The van der Waals surface area contributed by atoms with E-state index in [4.69, 9.17) is 28.9 Å². The molecule has 2 aromatic rings. The fourth-order valence-electron chi connectivity index (χ4n) is 1.39. The molecule has 0 fully saturated rings. The SMILES string of the molecule is Nc1nc(NCCc2ccc(Br)s2)c(Cl)cc1Cl. The number of thiophene rings is 1. The van der Waals surface area contributed by atoms with E-state index in [9.17, 15) is 0 Å². The molecule has 0 aliphatic heterocycles. The fourth-order valence-corrected chi connectivity index (χ4v) is 3.30. The molecule has 3 nitrogen and oxygen atoms in total. The highest BCUT2D eigenvalue weighted by molar-refractivity contribution is 9.11. The van der Waals surface area contributed by atoms with Crippen LogP contribution in [0.3, 0.4) is 0 Å². The molecule has 0 aliphatic carbocycles. The summed E-state index contributed by atoms with van der Waals surface area (Å²) in [5.74, 6) is 0.844. The second-order valence-electron chi connectivity index (χ2n) is 3.57. The summed E-state index contributed by atoms with van der Waals surface area (Å²) >= 11 is 17.0. The molecule has 96 valence electrons. The van der Waals surface area contributed by atoms with Gasteiger partial charge in [0.1, 0.15) is 11.6 Å². The molecule has 2 heterocycles. The zero-order valence-corrected chi connectivity index (χ0v) is 13.1. The molecule has 18 heavy (non-hydrogen) atoms. The van der Waals surface area contributed by atoms with Crippen molar-refractivity contribution in [3.63, 3.8) is 0 Å². The Hall–Kier alpha value is -0.490. The number of halogens is 3. The lowest BCUT2D eigenvalue weighted by molar-refractivity contribution is 1.03. The maximum Gasteiger partial charge on any atom is 0.147 e. The Morgan fingerprint density at radius 1 is 1.33 bits per heavy atom. The molecule has 0 atom stereocenters. The fraction of sp³-hybridized carbons (Fsp3) is 0.182. The number of anilines is 2. The maximum atomic E-state index is 6.02. The zero-order chi connectivity index (χ0) is 13.1. The van der Waals surface area contributed by atoms with Gasteiger partial charge in [0.25, 0.3) is 0 Å². The Kier molecular flexibility index (Phi) is 4.72. The number of nitrogen functional groups attached to an aromatic ring is 1. The molecule has 2 rings (SSSR count). The molecule has 2 aromatic heterocycles. The number of hydrogen-bond acceptors (Lipinski definition) is 4. The van der Waals surface area contributed by atoms with Crippen LogP contribution in [0.1, 0.15) is 4.88 Å². The van der Waals surface area contributed by atoms with Crippen LogP contribution in [-0.2, 0) is 6.42 Å². The molecule has 0 bridgehead atoms. The summed E-state index contributed by atoms with van der Waals surface area (Å²) < 4.78 is 1.13. The number of nitrogens with zero attached hydrogens (tertiary/aromatic N) is 1. The van der Waals surface area contributed by atoms with Gasteiger partial charge in [-0.25, -0.2) is 4.98 Å². The Labute approximate surface area is 127 Å². The van der Waals surface area contributed by atoms with E-state index in [0.29, 0.717) is 15.9 Å². The van der Waals surface area contributed by atoms with E-state index in [1.165, 1.54) is 4.88 Å². The highest BCUT2D eigenvalue weighted by Crippen LogP contribution is 2.27. The van der Waals surface area contributed by atoms with Gasteiger partial charge in [-0.1, -0.05) is 23.2 Å². The van der Waals surface area contributed by atoms with Gasteiger partial charge in [-0.05, 0) is 40.5 Å². The second kappa shape index (κ2) is 6.10. The topological polar surface area (TPSA) is 50.9 Å². The smallest absolute Gasteiger partial charge is 0.147 e. The molecule has 0 radical (unpaired) electrons. The first kappa shape index (κ1) is 13.9. The van der Waals surface area contributed by atoms with Crippen molar-refractivity contribution in [3.05, 3.63) is 36.9 Å². The van der Waals surface area contributed by atoms with Crippen LogP contribution in [0, 0.1) is 0 Å². The van der Waals surface area contributed by atoms with Crippen molar-refractivity contribution in [2.24, 2.45) is 0 Å². The van der Waals surface area contributed by atoms with Crippen LogP contribution >= 0.6 is 50.5 Å². The van der Waals surface area contributed by atoms with Crippen molar-refractivity contribution in [2.45, 2.75) is 6.42 Å². The minimum atomic E-state index is 0.280. The van der Waals surface area contributed by atoms with Gasteiger partial charge in [0.05, 0.1) is 13.8 Å². The van der Waals surface area contributed by atoms with E-state index < -0.39 is 0 Å². The number of nitrogens with one attached hydrogen (secondary N) is 1. The first-order valence-corrected chi connectivity index (χ1v) is 7.52. The van der Waals surface area contributed by atoms with Crippen molar-refractivity contribution < 1.29 is 0 Å². The standard InChI is InChI=1S/C11H10BrCl2N3S/c12-9-2-1-6(18-9)3-4-16-11-8(14)5-7(13)10(15)17-11/h1-2,5H,3-4H2,(H3,15,16,17). The molecule has 7 heteroatoms. The lowest BCUT2D eigenvalue weighted by Gasteiger charge is -2.08. The van der Waals surface area contributed by atoms with Crippen LogP contribution in [-0.4, -0.2) is 11.5 Å². The summed E-state index contributed by atoms with van der Waals surface area (Å²) in [6.45, 7) is 0.737. The average Bonchev–Trinajstić information content (AvgIpc) is 2.71. The van der Waals surface area contributed by atoms with Crippen LogP contribution in [0.25, 0.3) is 0 Å². The average molecular weight is 367 g/mol. The van der Waals surface area contributed by atoms with Crippen molar-refractivity contribution in [1.82, 2.24) is 4.98 Å². The lowest BCUT2D eigenvalue weighted by atomic mass is 10.3. The number of rotatable bonds is 4. The third-order valence-corrected chi connectivity index (χ3v) is 4.52. The highest BCUT2D eigenvalue weighted by atomic mass is 79.9. The minimum Gasteiger partial charge on any atom is -0.382 e. The Balaban J connectivity index is 1.96. The first-order chi connectivity index (χ1) is 8.56. The van der Waals surface area contributed by atoms with E-state index in [-0.39, 0.29) is 5.82 Å². The summed E-state index contributed by atoms with van der Waals surface area (Å²) in [4.78, 5) is 5.39. The normalized spacial score (nSPS) is 10.6. The van der Waals surface area contributed by atoms with Gasteiger partial charge >= 0.3 is 0 Å². The molecular formula is C11H10BrCl2N3S. The van der Waals surface area contributed by atoms with E-state index in [0.717, 1.165) is 16.8 Å². The van der Waals surface area contributed by atoms with E-state index in [2.05, 4.69) is 32.3 Å². The summed E-state index contributed by atoms with van der Waals surface area (Å²) in [6, 6.07) is 5.71. The van der Waals surface area contributed by atoms with Crippen molar-refractivity contribution in [2.75, 3.05) is 17.6 Å². The van der Waals surface area contributed by atoms with Gasteiger partial charge in [0.15, 0.2) is 0 Å². The van der Waals surface area contributed by atoms with Crippen molar-refractivity contribution in [3.8, 4) is 0 Å². The van der Waals surface area contributed by atoms with Crippen LogP contribution in [0.4, 0.5) is 11.6 Å². The van der Waals surface area contributed by atoms with Gasteiger partial charge in [-0.15, -0.1) is 11.3 Å². The Morgan fingerprint density at radius 3 is 2.78 bits per heavy atom. The van der Waals surface area contributed by atoms with Crippen LogP contribution < -0.4 is 11.1 Å². The van der Waals surface area contributed by atoms with Gasteiger partial charge < -0.3 is 11.1 Å². The summed E-state index contributed by atoms with van der Waals surface area (Å²) in [5, 5.41) is 3.99. The zero-order valence-electron chi connectivity index (χ0n) is 9.21. The third-order valence-electron chi connectivity index (χ3n) is 2.25. The van der Waals surface area contributed by atoms with Gasteiger partial charge in [0.2, 0.25) is 0 Å². The largest absolute Gasteiger partial charge is 0.382 e. The number of hydrogen-bond donors (Lipinski definition) is 2. The van der Waals surface area contributed by atoms with Gasteiger partial charge in [0, 0.05) is 11.4 Å². The van der Waals surface area contributed by atoms with Crippen molar-refractivity contribution >= 4 is 62.1 Å².